The van der Waals surface area contributed by atoms with Gasteiger partial charge in [0.1, 0.15) is 0 Å². The van der Waals surface area contributed by atoms with Crippen LogP contribution in [0.1, 0.15) is 26.7 Å². The fourth-order valence-corrected chi connectivity index (χ4v) is 1.46. The van der Waals surface area contributed by atoms with Crippen LogP contribution in [-0.4, -0.2) is 9.65 Å². The standard InChI is InChI=1S/C8H14Br2/c1-3-4-8(10)6-5-7(2)9/h5-8H,3-4H2,1-2H3. The molecule has 0 saturated heterocycles. The maximum absolute atomic E-state index is 3.56. The van der Waals surface area contributed by atoms with Crippen molar-refractivity contribution in [1.82, 2.24) is 0 Å². The molecule has 2 unspecified atom stereocenters. The summed E-state index contributed by atoms with van der Waals surface area (Å²) in [7, 11) is 0. The number of hydrogen-bond donors (Lipinski definition) is 0. The van der Waals surface area contributed by atoms with Gasteiger partial charge in [-0.15, -0.1) is 0 Å². The average molecular weight is 270 g/mol. The Kier molecular flexibility index (Phi) is 6.86. The highest BCUT2D eigenvalue weighted by Crippen LogP contribution is 2.10. The highest BCUT2D eigenvalue weighted by molar-refractivity contribution is 9.10. The monoisotopic (exact) mass is 268 g/mol. The first-order valence-electron chi connectivity index (χ1n) is 3.63. The summed E-state index contributed by atoms with van der Waals surface area (Å²) < 4.78 is 0. The third kappa shape index (κ3) is 6.81. The van der Waals surface area contributed by atoms with E-state index in [0.29, 0.717) is 9.65 Å². The van der Waals surface area contributed by atoms with E-state index in [4.69, 9.17) is 0 Å². The predicted octanol–water partition coefficient (Wildman–Crippen LogP) is 3.89. The van der Waals surface area contributed by atoms with Crippen molar-refractivity contribution in [2.45, 2.75) is 36.3 Å². The van der Waals surface area contributed by atoms with Gasteiger partial charge in [0, 0.05) is 9.65 Å². The lowest BCUT2D eigenvalue weighted by Gasteiger charge is -2.00. The van der Waals surface area contributed by atoms with E-state index in [1.165, 1.54) is 12.8 Å². The fraction of sp³-hybridized carbons (Fsp3) is 0.750. The Balaban J connectivity index is 3.45. The summed E-state index contributed by atoms with van der Waals surface area (Å²) in [6, 6.07) is 0. The molecule has 0 aliphatic carbocycles. The van der Waals surface area contributed by atoms with Crippen molar-refractivity contribution in [2.75, 3.05) is 0 Å². The Labute approximate surface area is 80.3 Å². The zero-order chi connectivity index (χ0) is 7.98. The van der Waals surface area contributed by atoms with Crippen molar-refractivity contribution in [3.05, 3.63) is 12.2 Å². The quantitative estimate of drug-likeness (QED) is 0.537. The molecule has 0 aliphatic rings. The first kappa shape index (κ1) is 10.7. The molecule has 0 aromatic carbocycles. The SMILES string of the molecule is CCCC(Br)C=CC(C)Br. The number of alkyl halides is 2. The summed E-state index contributed by atoms with van der Waals surface area (Å²) in [6.07, 6.45) is 6.81. The highest BCUT2D eigenvalue weighted by Gasteiger charge is 1.95. The van der Waals surface area contributed by atoms with Crippen LogP contribution in [0.3, 0.4) is 0 Å². The number of allylic oxidation sites excluding steroid dienone is 2. The lowest BCUT2D eigenvalue weighted by atomic mass is 10.2. The largest absolute Gasteiger partial charge is 0.0848 e. The minimum Gasteiger partial charge on any atom is -0.0848 e. The number of rotatable bonds is 4. The van der Waals surface area contributed by atoms with Crippen LogP contribution in [0.25, 0.3) is 0 Å². The second-order valence-corrected chi connectivity index (χ2v) is 4.99. The van der Waals surface area contributed by atoms with Gasteiger partial charge >= 0.3 is 0 Å². The molecule has 0 aromatic heterocycles. The van der Waals surface area contributed by atoms with Gasteiger partial charge < -0.3 is 0 Å². The Morgan fingerprint density at radius 3 is 2.30 bits per heavy atom. The van der Waals surface area contributed by atoms with Crippen molar-refractivity contribution < 1.29 is 0 Å². The summed E-state index contributed by atoms with van der Waals surface area (Å²) in [6.45, 7) is 4.31. The van der Waals surface area contributed by atoms with Gasteiger partial charge in [-0.1, -0.05) is 57.4 Å². The summed E-state index contributed by atoms with van der Waals surface area (Å²) in [4.78, 5) is 1.04. The van der Waals surface area contributed by atoms with Crippen molar-refractivity contribution in [1.29, 1.82) is 0 Å². The van der Waals surface area contributed by atoms with Crippen LogP contribution in [0, 0.1) is 0 Å². The molecule has 0 aliphatic heterocycles. The molecule has 0 rings (SSSR count). The van der Waals surface area contributed by atoms with E-state index in [0.717, 1.165) is 0 Å². The molecule has 0 amide bonds. The normalized spacial score (nSPS) is 17.6. The van der Waals surface area contributed by atoms with E-state index in [-0.39, 0.29) is 0 Å². The minimum atomic E-state index is 0.490. The number of hydrogen-bond acceptors (Lipinski definition) is 0. The van der Waals surface area contributed by atoms with Crippen LogP contribution in [0.4, 0.5) is 0 Å². The Hall–Kier alpha value is 0.700. The average Bonchev–Trinajstić information content (AvgIpc) is 1.85. The lowest BCUT2D eigenvalue weighted by Crippen LogP contribution is -1.92. The van der Waals surface area contributed by atoms with E-state index < -0.39 is 0 Å². The first-order chi connectivity index (χ1) is 4.66. The van der Waals surface area contributed by atoms with Crippen LogP contribution >= 0.6 is 31.9 Å². The van der Waals surface area contributed by atoms with Crippen LogP contribution < -0.4 is 0 Å². The molecule has 2 atom stereocenters. The van der Waals surface area contributed by atoms with Gasteiger partial charge in [0.25, 0.3) is 0 Å². The lowest BCUT2D eigenvalue weighted by molar-refractivity contribution is 0.834. The third-order valence-corrected chi connectivity index (χ3v) is 2.22. The van der Waals surface area contributed by atoms with Gasteiger partial charge in [0.2, 0.25) is 0 Å². The molecule has 0 nitrogen and oxygen atoms in total. The van der Waals surface area contributed by atoms with Crippen LogP contribution in [-0.2, 0) is 0 Å². The molecule has 0 N–H and O–H groups in total. The minimum absolute atomic E-state index is 0.490. The van der Waals surface area contributed by atoms with E-state index in [1.807, 2.05) is 0 Å². The van der Waals surface area contributed by atoms with Gasteiger partial charge in [-0.05, 0) is 13.3 Å². The zero-order valence-corrected chi connectivity index (χ0v) is 9.65. The molecule has 0 radical (unpaired) electrons. The van der Waals surface area contributed by atoms with Crippen molar-refractivity contribution in [3.8, 4) is 0 Å². The third-order valence-electron chi connectivity index (χ3n) is 1.15. The molecule has 60 valence electrons. The van der Waals surface area contributed by atoms with Gasteiger partial charge in [0.15, 0.2) is 0 Å². The van der Waals surface area contributed by atoms with Crippen LogP contribution in [0.5, 0.6) is 0 Å². The van der Waals surface area contributed by atoms with E-state index in [9.17, 15) is 0 Å². The smallest absolute Gasteiger partial charge is 0.0325 e. The summed E-state index contributed by atoms with van der Waals surface area (Å²) in [5.74, 6) is 0. The predicted molar refractivity (Wildman–Crippen MR) is 55.2 cm³/mol. The van der Waals surface area contributed by atoms with Gasteiger partial charge in [-0.3, -0.25) is 0 Å². The summed E-state index contributed by atoms with van der Waals surface area (Å²) in [5, 5.41) is 0. The Morgan fingerprint density at radius 2 is 1.90 bits per heavy atom. The topological polar surface area (TPSA) is 0 Å². The molecule has 0 spiro atoms. The summed E-state index contributed by atoms with van der Waals surface area (Å²) in [5.41, 5.74) is 0. The molecule has 10 heavy (non-hydrogen) atoms. The highest BCUT2D eigenvalue weighted by atomic mass is 79.9. The molecule has 0 aromatic rings. The van der Waals surface area contributed by atoms with Crippen molar-refractivity contribution in [3.63, 3.8) is 0 Å². The second-order valence-electron chi connectivity index (χ2n) is 2.37. The van der Waals surface area contributed by atoms with Crippen molar-refractivity contribution >= 4 is 31.9 Å². The molecule has 0 saturated carbocycles. The molecule has 2 heteroatoms. The van der Waals surface area contributed by atoms with E-state index in [2.05, 4.69) is 57.9 Å². The zero-order valence-electron chi connectivity index (χ0n) is 6.48. The van der Waals surface area contributed by atoms with Gasteiger partial charge in [-0.25, -0.2) is 0 Å². The van der Waals surface area contributed by atoms with Crippen molar-refractivity contribution in [2.24, 2.45) is 0 Å². The molecule has 0 heterocycles. The van der Waals surface area contributed by atoms with Crippen LogP contribution in [0.2, 0.25) is 0 Å². The van der Waals surface area contributed by atoms with Gasteiger partial charge in [-0.2, -0.15) is 0 Å². The molecular weight excluding hydrogens is 256 g/mol. The Bertz CT molecular complexity index is 97.4. The maximum atomic E-state index is 3.56. The van der Waals surface area contributed by atoms with Gasteiger partial charge in [0.05, 0.1) is 0 Å². The number of halogens is 2. The van der Waals surface area contributed by atoms with E-state index >= 15 is 0 Å². The molecule has 0 fully saturated rings. The first-order valence-corrected chi connectivity index (χ1v) is 5.46. The van der Waals surface area contributed by atoms with E-state index in [1.54, 1.807) is 0 Å². The molecule has 0 bridgehead atoms. The fourth-order valence-electron chi connectivity index (χ4n) is 0.646. The second kappa shape index (κ2) is 6.41. The van der Waals surface area contributed by atoms with Crippen LogP contribution in [0.15, 0.2) is 12.2 Å². The maximum Gasteiger partial charge on any atom is 0.0325 e. The Morgan fingerprint density at radius 1 is 1.30 bits per heavy atom. The summed E-state index contributed by atoms with van der Waals surface area (Å²) >= 11 is 7.01. The molecular formula is C8H14Br2.